The van der Waals surface area contributed by atoms with Crippen LogP contribution in [0.3, 0.4) is 0 Å². The maximum Gasteiger partial charge on any atom is 0.416 e. The van der Waals surface area contributed by atoms with Crippen molar-refractivity contribution in [2.75, 3.05) is 0 Å². The van der Waals surface area contributed by atoms with Crippen molar-refractivity contribution >= 4 is 16.8 Å². The SMILES string of the molecule is CCn1cc(C(=O)N[C@@H](C)CCc2ccccc2)c(=O)c2cc(C(F)(F)F)ccc21. The molecule has 30 heavy (non-hydrogen) atoms. The molecule has 3 rings (SSSR count). The van der Waals surface area contributed by atoms with Crippen LogP contribution in [0.25, 0.3) is 10.9 Å². The van der Waals surface area contributed by atoms with Crippen molar-refractivity contribution < 1.29 is 18.0 Å². The number of amides is 1. The van der Waals surface area contributed by atoms with E-state index < -0.39 is 23.1 Å². The molecule has 3 aromatic rings. The summed E-state index contributed by atoms with van der Waals surface area (Å²) in [6.45, 7) is 4.04. The van der Waals surface area contributed by atoms with Gasteiger partial charge in [-0.05, 0) is 50.5 Å². The van der Waals surface area contributed by atoms with E-state index in [1.165, 1.54) is 12.3 Å². The number of carbonyl (C=O) groups is 1. The number of fused-ring (bicyclic) bond motifs is 1. The molecule has 0 unspecified atom stereocenters. The maximum atomic E-state index is 13.1. The van der Waals surface area contributed by atoms with Crippen molar-refractivity contribution in [3.05, 3.63) is 81.6 Å². The zero-order valence-corrected chi connectivity index (χ0v) is 16.8. The fraction of sp³-hybridized carbons (Fsp3) is 0.304. The Morgan fingerprint density at radius 3 is 2.47 bits per heavy atom. The molecule has 0 bridgehead atoms. The molecular formula is C23H23F3N2O2. The summed E-state index contributed by atoms with van der Waals surface area (Å²) in [6, 6.07) is 12.6. The lowest BCUT2D eigenvalue weighted by atomic mass is 10.0. The first-order valence-corrected chi connectivity index (χ1v) is 9.80. The molecule has 0 aliphatic heterocycles. The van der Waals surface area contributed by atoms with Gasteiger partial charge in [0.2, 0.25) is 5.43 Å². The minimum atomic E-state index is -4.57. The summed E-state index contributed by atoms with van der Waals surface area (Å²) in [6.07, 6.45) is -1.73. The van der Waals surface area contributed by atoms with Crippen LogP contribution in [-0.4, -0.2) is 16.5 Å². The molecule has 7 heteroatoms. The van der Waals surface area contributed by atoms with E-state index in [-0.39, 0.29) is 17.0 Å². The Balaban J connectivity index is 1.87. The summed E-state index contributed by atoms with van der Waals surface area (Å²) in [5, 5.41) is 2.68. The van der Waals surface area contributed by atoms with E-state index in [1.807, 2.05) is 37.3 Å². The molecule has 2 aromatic carbocycles. The maximum absolute atomic E-state index is 13.1. The van der Waals surface area contributed by atoms with Crippen LogP contribution in [-0.2, 0) is 19.1 Å². The van der Waals surface area contributed by atoms with Crippen molar-refractivity contribution in [1.29, 1.82) is 0 Å². The topological polar surface area (TPSA) is 51.1 Å². The molecule has 0 saturated carbocycles. The molecule has 1 N–H and O–H groups in total. The molecule has 0 radical (unpaired) electrons. The lowest BCUT2D eigenvalue weighted by Crippen LogP contribution is -2.36. The number of aryl methyl sites for hydroxylation is 2. The lowest BCUT2D eigenvalue weighted by Gasteiger charge is -2.16. The lowest BCUT2D eigenvalue weighted by molar-refractivity contribution is -0.137. The zero-order chi connectivity index (χ0) is 21.9. The quantitative estimate of drug-likeness (QED) is 0.628. The van der Waals surface area contributed by atoms with Gasteiger partial charge >= 0.3 is 6.18 Å². The number of nitrogens with one attached hydrogen (secondary N) is 1. The van der Waals surface area contributed by atoms with Gasteiger partial charge in [-0.2, -0.15) is 13.2 Å². The van der Waals surface area contributed by atoms with Crippen LogP contribution >= 0.6 is 0 Å². The minimum absolute atomic E-state index is 0.115. The second-order valence-electron chi connectivity index (χ2n) is 7.29. The first-order valence-electron chi connectivity index (χ1n) is 9.80. The number of pyridine rings is 1. The Kier molecular flexibility index (Phi) is 6.29. The van der Waals surface area contributed by atoms with E-state index in [1.54, 1.807) is 11.5 Å². The van der Waals surface area contributed by atoms with E-state index in [0.717, 1.165) is 24.1 Å². The van der Waals surface area contributed by atoms with E-state index in [4.69, 9.17) is 0 Å². The molecule has 0 saturated heterocycles. The normalized spacial score (nSPS) is 12.7. The second-order valence-corrected chi connectivity index (χ2v) is 7.29. The smallest absolute Gasteiger partial charge is 0.349 e. The number of carbonyl (C=O) groups excluding carboxylic acids is 1. The van der Waals surface area contributed by atoms with Gasteiger partial charge in [0.15, 0.2) is 0 Å². The molecule has 1 aromatic heterocycles. The van der Waals surface area contributed by atoms with Gasteiger partial charge in [0, 0.05) is 24.2 Å². The third kappa shape index (κ3) is 4.72. The number of benzene rings is 2. The Bertz CT molecular complexity index is 1110. The van der Waals surface area contributed by atoms with Gasteiger partial charge in [-0.3, -0.25) is 9.59 Å². The Hall–Kier alpha value is -3.09. The number of nitrogens with zero attached hydrogens (tertiary/aromatic N) is 1. The monoisotopic (exact) mass is 416 g/mol. The van der Waals surface area contributed by atoms with Crippen LogP contribution in [0.2, 0.25) is 0 Å². The highest BCUT2D eigenvalue weighted by Gasteiger charge is 2.31. The fourth-order valence-electron chi connectivity index (χ4n) is 3.40. The Morgan fingerprint density at radius 2 is 1.83 bits per heavy atom. The average molecular weight is 416 g/mol. The summed E-state index contributed by atoms with van der Waals surface area (Å²) >= 11 is 0. The highest BCUT2D eigenvalue weighted by Crippen LogP contribution is 2.30. The van der Waals surface area contributed by atoms with Crippen molar-refractivity contribution in [1.82, 2.24) is 9.88 Å². The van der Waals surface area contributed by atoms with Crippen molar-refractivity contribution in [2.24, 2.45) is 0 Å². The van der Waals surface area contributed by atoms with E-state index >= 15 is 0 Å². The summed E-state index contributed by atoms with van der Waals surface area (Å²) < 4.78 is 40.9. The minimum Gasteiger partial charge on any atom is -0.349 e. The molecular weight excluding hydrogens is 393 g/mol. The molecule has 1 heterocycles. The summed E-state index contributed by atoms with van der Waals surface area (Å²) in [5.74, 6) is -0.581. The third-order valence-corrected chi connectivity index (χ3v) is 5.08. The van der Waals surface area contributed by atoms with Crippen LogP contribution in [0.1, 0.15) is 41.8 Å². The van der Waals surface area contributed by atoms with Crippen LogP contribution in [0, 0.1) is 0 Å². The number of hydrogen-bond acceptors (Lipinski definition) is 2. The number of halogens is 3. The van der Waals surface area contributed by atoms with E-state index in [9.17, 15) is 22.8 Å². The molecule has 158 valence electrons. The molecule has 1 amide bonds. The molecule has 1 atom stereocenters. The van der Waals surface area contributed by atoms with Crippen molar-refractivity contribution in [2.45, 2.75) is 45.5 Å². The Labute approximate surface area is 172 Å². The van der Waals surface area contributed by atoms with Gasteiger partial charge in [-0.15, -0.1) is 0 Å². The highest BCUT2D eigenvalue weighted by atomic mass is 19.4. The summed E-state index contributed by atoms with van der Waals surface area (Å²) in [4.78, 5) is 25.6. The van der Waals surface area contributed by atoms with E-state index in [0.29, 0.717) is 18.5 Å². The van der Waals surface area contributed by atoms with Gasteiger partial charge in [-0.25, -0.2) is 0 Å². The Morgan fingerprint density at radius 1 is 1.13 bits per heavy atom. The molecule has 0 aliphatic rings. The van der Waals surface area contributed by atoms with Gasteiger partial charge in [0.05, 0.1) is 11.1 Å². The third-order valence-electron chi connectivity index (χ3n) is 5.08. The molecule has 0 aliphatic carbocycles. The fourth-order valence-corrected chi connectivity index (χ4v) is 3.40. The van der Waals surface area contributed by atoms with Gasteiger partial charge in [0.1, 0.15) is 5.56 Å². The molecule has 4 nitrogen and oxygen atoms in total. The van der Waals surface area contributed by atoms with Crippen molar-refractivity contribution in [3.8, 4) is 0 Å². The highest BCUT2D eigenvalue weighted by molar-refractivity contribution is 5.97. The van der Waals surface area contributed by atoms with Gasteiger partial charge < -0.3 is 9.88 Å². The van der Waals surface area contributed by atoms with Crippen LogP contribution in [0.4, 0.5) is 13.2 Å². The van der Waals surface area contributed by atoms with Gasteiger partial charge in [-0.1, -0.05) is 30.3 Å². The zero-order valence-electron chi connectivity index (χ0n) is 16.8. The van der Waals surface area contributed by atoms with Crippen LogP contribution < -0.4 is 10.7 Å². The van der Waals surface area contributed by atoms with Crippen LogP contribution in [0.5, 0.6) is 0 Å². The predicted molar refractivity (Wildman–Crippen MR) is 111 cm³/mol. The predicted octanol–water partition coefficient (Wildman–Crippen LogP) is 4.79. The standard InChI is InChI=1S/C23H23F3N2O2/c1-3-28-14-19(21(29)18-13-17(23(24,25)26)11-12-20(18)28)22(30)27-15(2)9-10-16-7-5-4-6-8-16/h4-8,11-15H,3,9-10H2,1-2H3,(H,27,30)/t15-/m0/s1. The van der Waals surface area contributed by atoms with Crippen LogP contribution in [0.15, 0.2) is 59.5 Å². The number of aromatic nitrogens is 1. The van der Waals surface area contributed by atoms with E-state index in [2.05, 4.69) is 5.32 Å². The summed E-state index contributed by atoms with van der Waals surface area (Å²) in [5.41, 5.74) is -0.270. The largest absolute Gasteiger partial charge is 0.416 e. The summed E-state index contributed by atoms with van der Waals surface area (Å²) in [7, 11) is 0. The first-order chi connectivity index (χ1) is 14.2. The molecule has 0 spiro atoms. The second kappa shape index (κ2) is 8.73. The first kappa shape index (κ1) is 21.6. The number of rotatable bonds is 6. The average Bonchev–Trinajstić information content (AvgIpc) is 2.72. The van der Waals surface area contributed by atoms with Crippen molar-refractivity contribution in [3.63, 3.8) is 0 Å². The molecule has 0 fully saturated rings. The van der Waals surface area contributed by atoms with Gasteiger partial charge in [0.25, 0.3) is 5.91 Å². The number of alkyl halides is 3. The number of hydrogen-bond donors (Lipinski definition) is 1.